The fourth-order valence-corrected chi connectivity index (χ4v) is 5.00. The van der Waals surface area contributed by atoms with Gasteiger partial charge in [0, 0.05) is 16.9 Å². The summed E-state index contributed by atoms with van der Waals surface area (Å²) in [5, 5.41) is 7.42. The van der Waals surface area contributed by atoms with Crippen molar-refractivity contribution >= 4 is 28.2 Å². The van der Waals surface area contributed by atoms with Crippen LogP contribution >= 0.6 is 11.3 Å². The van der Waals surface area contributed by atoms with E-state index in [-0.39, 0.29) is 5.91 Å². The quantitative estimate of drug-likeness (QED) is 0.849. The molecular formula is C18H20N2O4S. The Labute approximate surface area is 149 Å². The van der Waals surface area contributed by atoms with Gasteiger partial charge >= 0.3 is 5.97 Å². The first kappa shape index (κ1) is 16.3. The SMILES string of the molecule is COC(=O)c1c(NC(=O)c2noc3c2C[C@H](C)CC3)sc2c1CCC2. The number of nitrogens with zero attached hydrogens (tertiary/aromatic N) is 1. The van der Waals surface area contributed by atoms with Crippen LogP contribution in [0.15, 0.2) is 4.52 Å². The molecular weight excluding hydrogens is 340 g/mol. The molecule has 6 nitrogen and oxygen atoms in total. The lowest BCUT2D eigenvalue weighted by Gasteiger charge is -2.16. The second kappa shape index (κ2) is 6.29. The Morgan fingerprint density at radius 3 is 2.92 bits per heavy atom. The minimum atomic E-state index is -0.398. The van der Waals surface area contributed by atoms with Crippen LogP contribution in [0.25, 0.3) is 0 Å². The van der Waals surface area contributed by atoms with Crippen molar-refractivity contribution in [2.45, 2.75) is 45.4 Å². The zero-order valence-corrected chi connectivity index (χ0v) is 15.1. The van der Waals surface area contributed by atoms with Gasteiger partial charge in [-0.2, -0.15) is 0 Å². The van der Waals surface area contributed by atoms with E-state index >= 15 is 0 Å². The summed E-state index contributed by atoms with van der Waals surface area (Å²) < 4.78 is 10.3. The number of fused-ring (bicyclic) bond motifs is 2. The van der Waals surface area contributed by atoms with Crippen molar-refractivity contribution in [3.8, 4) is 0 Å². The first-order valence-electron chi connectivity index (χ1n) is 8.60. The van der Waals surface area contributed by atoms with Gasteiger partial charge in [0.1, 0.15) is 10.8 Å². The van der Waals surface area contributed by atoms with Crippen LogP contribution in [0.2, 0.25) is 0 Å². The highest BCUT2D eigenvalue weighted by atomic mass is 32.1. The number of carbonyl (C=O) groups excluding carboxylic acids is 2. The van der Waals surface area contributed by atoms with Crippen molar-refractivity contribution in [2.24, 2.45) is 5.92 Å². The monoisotopic (exact) mass is 360 g/mol. The van der Waals surface area contributed by atoms with E-state index in [1.165, 1.54) is 18.4 Å². The average molecular weight is 360 g/mol. The maximum atomic E-state index is 12.8. The van der Waals surface area contributed by atoms with E-state index in [4.69, 9.17) is 9.26 Å². The maximum absolute atomic E-state index is 12.8. The molecule has 0 spiro atoms. The van der Waals surface area contributed by atoms with Crippen molar-refractivity contribution in [1.29, 1.82) is 0 Å². The van der Waals surface area contributed by atoms with Crippen LogP contribution in [0, 0.1) is 5.92 Å². The lowest BCUT2D eigenvalue weighted by atomic mass is 9.88. The highest BCUT2D eigenvalue weighted by molar-refractivity contribution is 7.17. The molecule has 0 fully saturated rings. The molecule has 0 aromatic carbocycles. The molecule has 0 radical (unpaired) electrons. The normalized spacial score (nSPS) is 18.6. The highest BCUT2D eigenvalue weighted by Gasteiger charge is 2.31. The zero-order chi connectivity index (χ0) is 17.6. The zero-order valence-electron chi connectivity index (χ0n) is 14.3. The van der Waals surface area contributed by atoms with E-state index in [9.17, 15) is 9.59 Å². The number of rotatable bonds is 3. The van der Waals surface area contributed by atoms with Crippen molar-refractivity contribution in [2.75, 3.05) is 12.4 Å². The Bertz CT molecular complexity index is 852. The summed E-state index contributed by atoms with van der Waals surface area (Å²) in [4.78, 5) is 26.1. The van der Waals surface area contributed by atoms with Gasteiger partial charge in [-0.3, -0.25) is 4.79 Å². The van der Waals surface area contributed by atoms with E-state index in [1.54, 1.807) is 0 Å². The number of methoxy groups -OCH3 is 1. The fourth-order valence-electron chi connectivity index (χ4n) is 3.73. The largest absolute Gasteiger partial charge is 0.465 e. The molecule has 2 heterocycles. The van der Waals surface area contributed by atoms with Crippen LogP contribution in [-0.2, 0) is 30.4 Å². The number of aryl methyl sites for hydroxylation is 2. The third kappa shape index (κ3) is 2.76. The molecule has 2 aromatic heterocycles. The number of hydrogen-bond donors (Lipinski definition) is 1. The Kier molecular flexibility index (Phi) is 4.11. The summed E-state index contributed by atoms with van der Waals surface area (Å²) >= 11 is 1.46. The molecule has 2 aliphatic rings. The molecule has 0 bridgehead atoms. The van der Waals surface area contributed by atoms with Crippen molar-refractivity contribution in [3.63, 3.8) is 0 Å². The Hall–Kier alpha value is -2.15. The standard InChI is InChI=1S/C18H20N2O4S/c1-9-6-7-12-11(8-9)15(20-24-12)16(21)19-17-14(18(22)23-2)10-4-3-5-13(10)25-17/h9H,3-8H2,1-2H3,(H,19,21)/t9-/m1/s1. The molecule has 132 valence electrons. The number of thiophene rings is 1. The third-order valence-corrected chi connectivity index (χ3v) is 6.25. The number of aromatic nitrogens is 1. The molecule has 0 saturated carbocycles. The summed E-state index contributed by atoms with van der Waals surface area (Å²) in [6.45, 7) is 2.16. The molecule has 2 aromatic rings. The number of esters is 1. The van der Waals surface area contributed by atoms with Crippen LogP contribution in [0.3, 0.4) is 0 Å². The van der Waals surface area contributed by atoms with Crippen molar-refractivity contribution in [3.05, 3.63) is 33.0 Å². The molecule has 0 unspecified atom stereocenters. The van der Waals surface area contributed by atoms with E-state index in [0.717, 1.165) is 60.3 Å². The summed E-state index contributed by atoms with van der Waals surface area (Å²) in [7, 11) is 1.36. The van der Waals surface area contributed by atoms with E-state index in [0.29, 0.717) is 22.2 Å². The van der Waals surface area contributed by atoms with Gasteiger partial charge in [0.15, 0.2) is 5.69 Å². The Morgan fingerprint density at radius 2 is 2.12 bits per heavy atom. The Morgan fingerprint density at radius 1 is 1.28 bits per heavy atom. The van der Waals surface area contributed by atoms with Crippen LogP contribution in [0.4, 0.5) is 5.00 Å². The molecule has 7 heteroatoms. The van der Waals surface area contributed by atoms with Crippen LogP contribution < -0.4 is 5.32 Å². The molecule has 1 N–H and O–H groups in total. The topological polar surface area (TPSA) is 81.4 Å². The van der Waals surface area contributed by atoms with Gasteiger partial charge in [0.05, 0.1) is 12.7 Å². The van der Waals surface area contributed by atoms with Gasteiger partial charge in [0.2, 0.25) is 0 Å². The minimum Gasteiger partial charge on any atom is -0.465 e. The number of carbonyl (C=O) groups is 2. The maximum Gasteiger partial charge on any atom is 0.341 e. The van der Waals surface area contributed by atoms with Gasteiger partial charge in [-0.25, -0.2) is 4.79 Å². The second-order valence-electron chi connectivity index (χ2n) is 6.79. The lowest BCUT2D eigenvalue weighted by Crippen LogP contribution is -2.19. The first-order valence-corrected chi connectivity index (χ1v) is 9.41. The summed E-state index contributed by atoms with van der Waals surface area (Å²) in [5.41, 5.74) is 2.76. The smallest absolute Gasteiger partial charge is 0.341 e. The van der Waals surface area contributed by atoms with E-state index < -0.39 is 5.97 Å². The number of amides is 1. The van der Waals surface area contributed by atoms with Crippen LogP contribution in [-0.4, -0.2) is 24.1 Å². The Balaban J connectivity index is 1.64. The highest BCUT2D eigenvalue weighted by Crippen LogP contribution is 2.40. The van der Waals surface area contributed by atoms with Gasteiger partial charge in [0.25, 0.3) is 5.91 Å². The summed E-state index contributed by atoms with van der Waals surface area (Å²) in [6.07, 6.45) is 5.49. The summed E-state index contributed by atoms with van der Waals surface area (Å²) in [5.74, 6) is 0.606. The molecule has 4 rings (SSSR count). The van der Waals surface area contributed by atoms with Crippen LogP contribution in [0.1, 0.15) is 62.4 Å². The lowest BCUT2D eigenvalue weighted by molar-refractivity contribution is 0.0601. The number of ether oxygens (including phenoxy) is 1. The third-order valence-electron chi connectivity index (χ3n) is 5.04. The molecule has 1 atom stereocenters. The molecule has 0 aliphatic heterocycles. The predicted octanol–water partition coefficient (Wildman–Crippen LogP) is 3.39. The van der Waals surface area contributed by atoms with Gasteiger partial charge in [-0.1, -0.05) is 12.1 Å². The molecule has 1 amide bonds. The average Bonchev–Trinajstić information content (AvgIpc) is 3.27. The number of anilines is 1. The second-order valence-corrected chi connectivity index (χ2v) is 7.89. The molecule has 0 saturated heterocycles. The number of hydrogen-bond acceptors (Lipinski definition) is 6. The van der Waals surface area contributed by atoms with Gasteiger partial charge in [-0.15, -0.1) is 11.3 Å². The molecule has 2 aliphatic carbocycles. The van der Waals surface area contributed by atoms with E-state index in [1.807, 2.05) is 0 Å². The predicted molar refractivity (Wildman–Crippen MR) is 93.3 cm³/mol. The van der Waals surface area contributed by atoms with Crippen molar-refractivity contribution in [1.82, 2.24) is 5.16 Å². The first-order chi connectivity index (χ1) is 12.1. The van der Waals surface area contributed by atoms with Gasteiger partial charge < -0.3 is 14.6 Å². The minimum absolute atomic E-state index is 0.316. The van der Waals surface area contributed by atoms with Crippen LogP contribution in [0.5, 0.6) is 0 Å². The number of nitrogens with one attached hydrogen (secondary N) is 1. The summed E-state index contributed by atoms with van der Waals surface area (Å²) in [6, 6.07) is 0. The fraction of sp³-hybridized carbons (Fsp3) is 0.500. The molecule has 25 heavy (non-hydrogen) atoms. The van der Waals surface area contributed by atoms with Crippen molar-refractivity contribution < 1.29 is 18.8 Å². The van der Waals surface area contributed by atoms with E-state index in [2.05, 4.69) is 17.4 Å². The van der Waals surface area contributed by atoms with Gasteiger partial charge in [-0.05, 0) is 43.6 Å².